The minimum atomic E-state index is 0.590. The molecule has 5 heteroatoms. The van der Waals surface area contributed by atoms with E-state index in [0.29, 0.717) is 5.41 Å². The largest absolute Gasteiger partial charge is 0.317 e. The summed E-state index contributed by atoms with van der Waals surface area (Å²) in [5.74, 6) is 0. The maximum absolute atomic E-state index is 4.69. The van der Waals surface area contributed by atoms with Gasteiger partial charge in [0.2, 0.25) is 0 Å². The second-order valence-corrected chi connectivity index (χ2v) is 8.57. The van der Waals surface area contributed by atoms with Crippen LogP contribution in [0.2, 0.25) is 0 Å². The van der Waals surface area contributed by atoms with Crippen LogP contribution in [0.3, 0.4) is 0 Å². The third-order valence-electron chi connectivity index (χ3n) is 5.18. The summed E-state index contributed by atoms with van der Waals surface area (Å²) < 4.78 is 0. The molecule has 4 rings (SSSR count). The van der Waals surface area contributed by atoms with Gasteiger partial charge in [0.05, 0.1) is 10.7 Å². The van der Waals surface area contributed by atoms with E-state index in [1.807, 2.05) is 0 Å². The maximum atomic E-state index is 4.69. The number of thiazole rings is 1. The van der Waals surface area contributed by atoms with Crippen molar-refractivity contribution >= 4 is 22.7 Å². The van der Waals surface area contributed by atoms with Crippen LogP contribution in [-0.4, -0.2) is 29.0 Å². The average molecular weight is 334 g/mol. The predicted molar refractivity (Wildman–Crippen MR) is 93.4 cm³/mol. The fourth-order valence-corrected chi connectivity index (χ4v) is 5.15. The van der Waals surface area contributed by atoms with Gasteiger partial charge >= 0.3 is 0 Å². The Balaban J connectivity index is 1.50. The quantitative estimate of drug-likeness (QED) is 0.905. The number of hydrogen-bond acceptors (Lipinski definition) is 5. The highest BCUT2D eigenvalue weighted by Gasteiger charge is 2.56. The van der Waals surface area contributed by atoms with E-state index in [0.717, 1.165) is 19.1 Å². The van der Waals surface area contributed by atoms with Crippen LogP contribution in [0.25, 0.3) is 0 Å². The molecular weight excluding hydrogens is 310 g/mol. The molecule has 2 aromatic rings. The van der Waals surface area contributed by atoms with E-state index in [-0.39, 0.29) is 0 Å². The lowest BCUT2D eigenvalue weighted by Gasteiger charge is -2.29. The summed E-state index contributed by atoms with van der Waals surface area (Å²) in [6, 6.07) is 3.01. The fourth-order valence-electron chi connectivity index (χ4n) is 3.89. The number of aromatic nitrogens is 1. The van der Waals surface area contributed by atoms with Crippen LogP contribution in [-0.2, 0) is 13.1 Å². The molecule has 1 saturated carbocycles. The Morgan fingerprint density at radius 2 is 2.18 bits per heavy atom. The van der Waals surface area contributed by atoms with Crippen LogP contribution in [0.1, 0.15) is 35.5 Å². The number of thiophene rings is 1. The Morgan fingerprint density at radius 3 is 2.86 bits per heavy atom. The molecule has 1 N–H and O–H groups in total. The van der Waals surface area contributed by atoms with Crippen molar-refractivity contribution in [2.75, 3.05) is 13.1 Å². The molecule has 1 atom stereocenters. The van der Waals surface area contributed by atoms with Gasteiger partial charge in [0, 0.05) is 24.5 Å². The molecule has 2 aliphatic rings. The zero-order chi connectivity index (χ0) is 15.0. The third kappa shape index (κ3) is 3.00. The number of rotatable bonds is 5. The van der Waals surface area contributed by atoms with Crippen LogP contribution in [0.5, 0.6) is 0 Å². The van der Waals surface area contributed by atoms with Crippen molar-refractivity contribution in [3.63, 3.8) is 0 Å². The zero-order valence-electron chi connectivity index (χ0n) is 13.0. The molecule has 1 unspecified atom stereocenters. The Morgan fingerprint density at radius 1 is 1.32 bits per heavy atom. The number of piperidine rings is 1. The highest BCUT2D eigenvalue weighted by atomic mass is 32.1. The average Bonchev–Trinajstić information content (AvgIpc) is 2.90. The Kier molecular flexibility index (Phi) is 4.07. The summed E-state index contributed by atoms with van der Waals surface area (Å²) in [5.41, 5.74) is 3.29. The molecule has 0 aromatic carbocycles. The van der Waals surface area contributed by atoms with Crippen molar-refractivity contribution in [1.29, 1.82) is 0 Å². The zero-order valence-corrected chi connectivity index (χ0v) is 14.7. The normalized spacial score (nSPS) is 23.3. The van der Waals surface area contributed by atoms with E-state index in [1.54, 1.807) is 22.7 Å². The van der Waals surface area contributed by atoms with Crippen LogP contribution in [0, 0.1) is 12.3 Å². The SMILES string of the molecule is Cc1nc(CN(Cc2ccsc2)C2CC23CCNCC3)cs1. The first-order chi connectivity index (χ1) is 10.8. The van der Waals surface area contributed by atoms with E-state index in [2.05, 4.69) is 39.3 Å². The molecule has 1 aliphatic carbocycles. The summed E-state index contributed by atoms with van der Waals surface area (Å²) >= 11 is 3.57. The summed E-state index contributed by atoms with van der Waals surface area (Å²) in [6.45, 7) is 6.56. The first-order valence-corrected chi connectivity index (χ1v) is 9.94. The molecule has 1 spiro atoms. The standard InChI is InChI=1S/C17H23N3S2/c1-13-19-15(12-22-13)10-20(9-14-2-7-21-11-14)16-8-17(16)3-5-18-6-4-17/h2,7,11-12,16,18H,3-6,8-10H2,1H3. The van der Waals surface area contributed by atoms with E-state index in [4.69, 9.17) is 4.98 Å². The molecule has 0 amide bonds. The molecule has 3 heterocycles. The van der Waals surface area contributed by atoms with Gasteiger partial charge in [0.15, 0.2) is 0 Å². The molecule has 0 radical (unpaired) electrons. The highest BCUT2D eigenvalue weighted by molar-refractivity contribution is 7.09. The molecule has 118 valence electrons. The maximum Gasteiger partial charge on any atom is 0.0897 e. The Labute approximate surface area is 140 Å². The molecule has 22 heavy (non-hydrogen) atoms. The van der Waals surface area contributed by atoms with Gasteiger partial charge in [0.25, 0.3) is 0 Å². The van der Waals surface area contributed by atoms with Gasteiger partial charge in [-0.05, 0) is 67.1 Å². The van der Waals surface area contributed by atoms with Gasteiger partial charge in [-0.3, -0.25) is 4.90 Å². The molecular formula is C17H23N3S2. The second kappa shape index (κ2) is 6.04. The molecule has 2 aromatic heterocycles. The molecule has 0 bridgehead atoms. The number of aryl methyl sites for hydroxylation is 1. The van der Waals surface area contributed by atoms with Crippen molar-refractivity contribution in [3.05, 3.63) is 38.5 Å². The number of nitrogens with one attached hydrogen (secondary N) is 1. The number of hydrogen-bond donors (Lipinski definition) is 1. The lowest BCUT2D eigenvalue weighted by atomic mass is 9.93. The van der Waals surface area contributed by atoms with Gasteiger partial charge in [-0.15, -0.1) is 11.3 Å². The van der Waals surface area contributed by atoms with Crippen molar-refractivity contribution in [2.24, 2.45) is 5.41 Å². The molecule has 1 saturated heterocycles. The van der Waals surface area contributed by atoms with Crippen LogP contribution in [0.15, 0.2) is 22.2 Å². The van der Waals surface area contributed by atoms with Gasteiger partial charge in [0.1, 0.15) is 0 Å². The highest BCUT2D eigenvalue weighted by Crippen LogP contribution is 2.56. The first-order valence-electron chi connectivity index (χ1n) is 8.12. The summed E-state index contributed by atoms with van der Waals surface area (Å²) in [6.07, 6.45) is 4.06. The minimum Gasteiger partial charge on any atom is -0.317 e. The third-order valence-corrected chi connectivity index (χ3v) is 6.74. The summed E-state index contributed by atoms with van der Waals surface area (Å²) in [5, 5.41) is 11.4. The van der Waals surface area contributed by atoms with Crippen LogP contribution in [0.4, 0.5) is 0 Å². The lowest BCUT2D eigenvalue weighted by Crippen LogP contribution is -2.35. The van der Waals surface area contributed by atoms with Crippen molar-refractivity contribution in [3.8, 4) is 0 Å². The molecule has 3 nitrogen and oxygen atoms in total. The van der Waals surface area contributed by atoms with Crippen molar-refractivity contribution in [2.45, 2.75) is 45.3 Å². The predicted octanol–water partition coefficient (Wildman–Crippen LogP) is 3.66. The Bertz CT molecular complexity index is 614. The van der Waals surface area contributed by atoms with E-state index in [9.17, 15) is 0 Å². The molecule has 2 fully saturated rings. The summed E-state index contributed by atoms with van der Waals surface area (Å²) in [7, 11) is 0. The minimum absolute atomic E-state index is 0.590. The van der Waals surface area contributed by atoms with Crippen molar-refractivity contribution < 1.29 is 0 Å². The van der Waals surface area contributed by atoms with Gasteiger partial charge in [-0.1, -0.05) is 0 Å². The monoisotopic (exact) mass is 333 g/mol. The first kappa shape index (κ1) is 14.8. The van der Waals surface area contributed by atoms with Crippen molar-refractivity contribution in [1.82, 2.24) is 15.2 Å². The number of nitrogens with zero attached hydrogens (tertiary/aromatic N) is 2. The Hall–Kier alpha value is -0.750. The van der Waals surface area contributed by atoms with Gasteiger partial charge < -0.3 is 5.32 Å². The smallest absolute Gasteiger partial charge is 0.0897 e. The van der Waals surface area contributed by atoms with Crippen LogP contribution < -0.4 is 5.32 Å². The van der Waals surface area contributed by atoms with Gasteiger partial charge in [-0.2, -0.15) is 11.3 Å². The van der Waals surface area contributed by atoms with Crippen LogP contribution >= 0.6 is 22.7 Å². The molecule has 1 aliphatic heterocycles. The topological polar surface area (TPSA) is 28.2 Å². The van der Waals surface area contributed by atoms with E-state index in [1.165, 1.54) is 48.6 Å². The fraction of sp³-hybridized carbons (Fsp3) is 0.588. The second-order valence-electron chi connectivity index (χ2n) is 6.73. The van der Waals surface area contributed by atoms with E-state index < -0.39 is 0 Å². The summed E-state index contributed by atoms with van der Waals surface area (Å²) in [4.78, 5) is 7.37. The van der Waals surface area contributed by atoms with E-state index >= 15 is 0 Å². The lowest BCUT2D eigenvalue weighted by molar-refractivity contribution is 0.186. The van der Waals surface area contributed by atoms with Gasteiger partial charge in [-0.25, -0.2) is 4.98 Å².